The van der Waals surface area contributed by atoms with E-state index in [9.17, 15) is 18.4 Å². The van der Waals surface area contributed by atoms with E-state index in [1.807, 2.05) is 0 Å². The molecule has 4 aromatic rings. The van der Waals surface area contributed by atoms with Crippen LogP contribution in [0.25, 0.3) is 22.6 Å². The summed E-state index contributed by atoms with van der Waals surface area (Å²) in [7, 11) is 1.26. The van der Waals surface area contributed by atoms with Crippen molar-refractivity contribution in [2.24, 2.45) is 0 Å². The lowest BCUT2D eigenvalue weighted by atomic mass is 10.2. The predicted molar refractivity (Wildman–Crippen MR) is 110 cm³/mol. The lowest BCUT2D eigenvalue weighted by Gasteiger charge is -2.08. The van der Waals surface area contributed by atoms with E-state index in [-0.39, 0.29) is 22.8 Å². The first kappa shape index (κ1) is 21.0. The van der Waals surface area contributed by atoms with Gasteiger partial charge in [0.2, 0.25) is 0 Å². The molecule has 0 radical (unpaired) electrons. The van der Waals surface area contributed by atoms with Gasteiger partial charge in [-0.05, 0) is 25.1 Å². The van der Waals surface area contributed by atoms with Crippen molar-refractivity contribution in [3.63, 3.8) is 0 Å². The fourth-order valence-corrected chi connectivity index (χ4v) is 3.16. The molecule has 4 rings (SSSR count). The van der Waals surface area contributed by atoms with E-state index >= 15 is 0 Å². The molecule has 0 atom stereocenters. The number of halogens is 2. The van der Waals surface area contributed by atoms with Crippen LogP contribution in [0, 0.1) is 11.6 Å². The molecule has 1 amide bonds. The second-order valence-electron chi connectivity index (χ2n) is 6.58. The average molecular weight is 441 g/mol. The third kappa shape index (κ3) is 3.75. The number of nitrogens with one attached hydrogen (secondary N) is 3. The Morgan fingerprint density at radius 3 is 2.62 bits per heavy atom. The number of carbonyl (C=O) groups excluding carboxylic acids is 2. The van der Waals surface area contributed by atoms with E-state index in [2.05, 4.69) is 25.5 Å². The molecule has 2 aromatic carbocycles. The number of aromatic nitrogens is 4. The highest BCUT2D eigenvalue weighted by Crippen LogP contribution is 2.30. The molecule has 9 nitrogen and oxygen atoms in total. The van der Waals surface area contributed by atoms with Gasteiger partial charge in [-0.25, -0.2) is 18.6 Å². The molecule has 0 aliphatic heterocycles. The van der Waals surface area contributed by atoms with Crippen LogP contribution in [-0.4, -0.2) is 45.8 Å². The molecular formula is C21H17F2N5O4. The van der Waals surface area contributed by atoms with Crippen molar-refractivity contribution >= 4 is 28.6 Å². The number of nitrogens with zero attached hydrogens (tertiary/aromatic N) is 2. The van der Waals surface area contributed by atoms with Crippen LogP contribution < -0.4 is 10.1 Å². The van der Waals surface area contributed by atoms with Crippen LogP contribution in [0.4, 0.5) is 14.5 Å². The number of hydrogen-bond donors (Lipinski definition) is 3. The maximum atomic E-state index is 13.9. The number of anilines is 1. The molecular weight excluding hydrogens is 424 g/mol. The summed E-state index contributed by atoms with van der Waals surface area (Å²) in [5.74, 6) is -2.96. The number of benzene rings is 2. The summed E-state index contributed by atoms with van der Waals surface area (Å²) >= 11 is 0. The molecule has 164 valence electrons. The fraction of sp³-hybridized carbons (Fsp3) is 0.143. The number of esters is 1. The minimum atomic E-state index is -0.991. The van der Waals surface area contributed by atoms with Crippen LogP contribution in [0.3, 0.4) is 0 Å². The van der Waals surface area contributed by atoms with Crippen LogP contribution in [0.5, 0.6) is 5.75 Å². The molecule has 3 N–H and O–H groups in total. The monoisotopic (exact) mass is 441 g/mol. The number of fused-ring (bicyclic) bond motifs is 1. The van der Waals surface area contributed by atoms with Crippen molar-refractivity contribution in [2.45, 2.75) is 6.92 Å². The number of hydrogen-bond acceptors (Lipinski definition) is 6. The second-order valence-corrected chi connectivity index (χ2v) is 6.58. The molecule has 0 aliphatic carbocycles. The van der Waals surface area contributed by atoms with E-state index in [0.717, 1.165) is 18.2 Å². The number of aromatic amines is 2. The quantitative estimate of drug-likeness (QED) is 0.393. The van der Waals surface area contributed by atoms with Gasteiger partial charge in [0, 0.05) is 6.07 Å². The van der Waals surface area contributed by atoms with Crippen LogP contribution in [0.1, 0.15) is 27.6 Å². The smallest absolute Gasteiger partial charge is 0.341 e. The predicted octanol–water partition coefficient (Wildman–Crippen LogP) is 3.67. The normalized spacial score (nSPS) is 10.9. The Morgan fingerprint density at radius 2 is 1.94 bits per heavy atom. The standard InChI is InChI=1S/C21H17F2N5O4/c1-3-32-16-8-14-13(7-10(16)21(30)31-2)25-19(26-14)18-15(9-24-28-18)27-20(29)17-11(22)5-4-6-12(17)23/h4-9H,3H2,1-2H3,(H,24,28)(H,25,26)(H,27,29). The molecule has 0 saturated carbocycles. The number of amides is 1. The Morgan fingerprint density at radius 1 is 1.19 bits per heavy atom. The second kappa shape index (κ2) is 8.46. The van der Waals surface area contributed by atoms with Crippen LogP contribution >= 0.6 is 0 Å². The first-order valence-corrected chi connectivity index (χ1v) is 9.46. The molecule has 32 heavy (non-hydrogen) atoms. The zero-order valence-corrected chi connectivity index (χ0v) is 17.0. The van der Waals surface area contributed by atoms with Crippen molar-refractivity contribution in [1.29, 1.82) is 0 Å². The summed E-state index contributed by atoms with van der Waals surface area (Å²) in [5, 5.41) is 9.00. The van der Waals surface area contributed by atoms with Crippen molar-refractivity contribution in [2.75, 3.05) is 19.0 Å². The minimum absolute atomic E-state index is 0.148. The van der Waals surface area contributed by atoms with Gasteiger partial charge in [0.1, 0.15) is 34.2 Å². The molecule has 0 aliphatic rings. The molecule has 11 heteroatoms. The minimum Gasteiger partial charge on any atom is -0.493 e. The highest BCUT2D eigenvalue weighted by atomic mass is 19.1. The van der Waals surface area contributed by atoms with Gasteiger partial charge in [-0.2, -0.15) is 5.10 Å². The fourth-order valence-electron chi connectivity index (χ4n) is 3.16. The van der Waals surface area contributed by atoms with E-state index in [1.165, 1.54) is 19.4 Å². The molecule has 2 aromatic heterocycles. The maximum absolute atomic E-state index is 13.9. The Kier molecular flexibility index (Phi) is 5.54. The van der Waals surface area contributed by atoms with Crippen molar-refractivity contribution < 1.29 is 27.8 Å². The molecule has 0 spiro atoms. The lowest BCUT2D eigenvalue weighted by molar-refractivity contribution is 0.0596. The number of H-pyrrole nitrogens is 2. The topological polar surface area (TPSA) is 122 Å². The average Bonchev–Trinajstić information content (AvgIpc) is 3.38. The van der Waals surface area contributed by atoms with Crippen molar-refractivity contribution in [3.05, 3.63) is 59.3 Å². The van der Waals surface area contributed by atoms with Gasteiger partial charge in [-0.1, -0.05) is 6.07 Å². The number of ether oxygens (including phenoxy) is 2. The van der Waals surface area contributed by atoms with Gasteiger partial charge >= 0.3 is 5.97 Å². The third-order valence-electron chi connectivity index (χ3n) is 4.60. The number of methoxy groups -OCH3 is 1. The molecule has 0 fully saturated rings. The first-order valence-electron chi connectivity index (χ1n) is 9.46. The van der Waals surface area contributed by atoms with Crippen molar-refractivity contribution in [3.8, 4) is 17.3 Å². The van der Waals surface area contributed by atoms with Gasteiger partial charge in [-0.3, -0.25) is 9.89 Å². The highest BCUT2D eigenvalue weighted by Gasteiger charge is 2.22. The number of carbonyl (C=O) groups is 2. The summed E-state index contributed by atoms with van der Waals surface area (Å²) in [6.45, 7) is 2.11. The summed E-state index contributed by atoms with van der Waals surface area (Å²) in [5.41, 5.74) is 0.886. The van der Waals surface area contributed by atoms with E-state index in [1.54, 1.807) is 13.0 Å². The van der Waals surface area contributed by atoms with E-state index < -0.39 is 29.1 Å². The van der Waals surface area contributed by atoms with Gasteiger partial charge < -0.3 is 19.8 Å². The van der Waals surface area contributed by atoms with Gasteiger partial charge in [0.15, 0.2) is 5.82 Å². The Balaban J connectivity index is 1.71. The molecule has 0 saturated heterocycles. The summed E-state index contributed by atoms with van der Waals surface area (Å²) in [6, 6.07) is 6.25. The van der Waals surface area contributed by atoms with Gasteiger partial charge in [0.25, 0.3) is 5.91 Å². The van der Waals surface area contributed by atoms with Crippen LogP contribution in [0.2, 0.25) is 0 Å². The molecule has 0 unspecified atom stereocenters. The SMILES string of the molecule is CCOc1cc2nc(-c3[nH]ncc3NC(=O)c3c(F)cccc3F)[nH]c2cc1C(=O)OC. The van der Waals surface area contributed by atoms with Crippen LogP contribution in [0.15, 0.2) is 36.5 Å². The third-order valence-corrected chi connectivity index (χ3v) is 4.60. The zero-order valence-electron chi connectivity index (χ0n) is 17.0. The Bertz CT molecular complexity index is 1310. The summed E-state index contributed by atoms with van der Waals surface area (Å²) in [6.07, 6.45) is 1.28. The van der Waals surface area contributed by atoms with Gasteiger partial charge in [0.05, 0.1) is 36.6 Å². The Hall–Kier alpha value is -4.28. The molecule has 0 bridgehead atoms. The zero-order chi connectivity index (χ0) is 22.8. The van der Waals surface area contributed by atoms with Crippen LogP contribution in [-0.2, 0) is 4.74 Å². The maximum Gasteiger partial charge on any atom is 0.341 e. The number of imidazole rings is 1. The Labute approximate surface area is 179 Å². The van der Waals surface area contributed by atoms with E-state index in [4.69, 9.17) is 9.47 Å². The lowest BCUT2D eigenvalue weighted by Crippen LogP contribution is -2.16. The number of rotatable bonds is 6. The largest absolute Gasteiger partial charge is 0.493 e. The first-order chi connectivity index (χ1) is 15.4. The summed E-state index contributed by atoms with van der Waals surface area (Å²) < 4.78 is 38.2. The summed E-state index contributed by atoms with van der Waals surface area (Å²) in [4.78, 5) is 32.0. The van der Waals surface area contributed by atoms with Crippen molar-refractivity contribution in [1.82, 2.24) is 20.2 Å². The van der Waals surface area contributed by atoms with E-state index in [0.29, 0.717) is 23.4 Å². The highest BCUT2D eigenvalue weighted by molar-refractivity contribution is 6.06. The molecule has 2 heterocycles. The van der Waals surface area contributed by atoms with Gasteiger partial charge in [-0.15, -0.1) is 0 Å².